The lowest BCUT2D eigenvalue weighted by Gasteiger charge is -2.10. The van der Waals surface area contributed by atoms with E-state index in [1.165, 1.54) is 6.07 Å². The Morgan fingerprint density at radius 2 is 1.90 bits per heavy atom. The highest BCUT2D eigenvalue weighted by atomic mass is 16.5. The Bertz CT molecular complexity index is 881. The molecule has 4 nitrogen and oxygen atoms in total. The van der Waals surface area contributed by atoms with E-state index in [0.717, 1.165) is 5.56 Å². The molecule has 0 unspecified atom stereocenters. The van der Waals surface area contributed by atoms with Gasteiger partial charge in [-0.3, -0.25) is 4.79 Å². The number of aryl methyl sites for hydroxylation is 1. The number of fused-ring (bicyclic) bond motifs is 1. The summed E-state index contributed by atoms with van der Waals surface area (Å²) >= 11 is 0. The number of nitrogens with two attached hydrogens (primary N) is 1. The number of benzene rings is 2. The average molecular weight is 281 g/mol. The van der Waals surface area contributed by atoms with Gasteiger partial charge >= 0.3 is 0 Å². The van der Waals surface area contributed by atoms with Crippen molar-refractivity contribution in [3.8, 4) is 17.1 Å². The second-order valence-corrected chi connectivity index (χ2v) is 4.85. The minimum atomic E-state index is -0.0860. The average Bonchev–Trinajstić information content (AvgIpc) is 2.48. The summed E-state index contributed by atoms with van der Waals surface area (Å²) in [5, 5.41) is 0.570. The van der Waals surface area contributed by atoms with Crippen LogP contribution in [0.4, 0.5) is 5.69 Å². The summed E-state index contributed by atoms with van der Waals surface area (Å²) in [5.74, 6) is 0.998. The second kappa shape index (κ2) is 4.98. The molecular weight excluding hydrogens is 266 g/mol. The van der Waals surface area contributed by atoms with Gasteiger partial charge in [-0.05, 0) is 30.7 Å². The summed E-state index contributed by atoms with van der Waals surface area (Å²) in [6, 6.07) is 12.4. The number of para-hydroxylation sites is 2. The summed E-state index contributed by atoms with van der Waals surface area (Å²) < 4.78 is 11.1. The zero-order chi connectivity index (χ0) is 15.0. The standard InChI is InChI=1S/C17H15NO3/c1-10-5-3-6-11-13(19)9-15(21-17(10)11)12-7-4-8-14(20-2)16(12)18/h3-9H,18H2,1-2H3. The quantitative estimate of drug-likeness (QED) is 0.731. The first-order valence-electron chi connectivity index (χ1n) is 6.58. The van der Waals surface area contributed by atoms with Crippen LogP contribution in [-0.4, -0.2) is 7.11 Å². The highest BCUT2D eigenvalue weighted by Crippen LogP contribution is 2.33. The Balaban J connectivity index is 2.32. The van der Waals surface area contributed by atoms with E-state index in [9.17, 15) is 4.79 Å². The molecular formula is C17H15NO3. The van der Waals surface area contributed by atoms with E-state index < -0.39 is 0 Å². The van der Waals surface area contributed by atoms with E-state index in [0.29, 0.717) is 33.7 Å². The number of methoxy groups -OCH3 is 1. The van der Waals surface area contributed by atoms with Gasteiger partial charge in [0, 0.05) is 11.6 Å². The maximum absolute atomic E-state index is 12.3. The Kier molecular flexibility index (Phi) is 3.14. The third-order valence-electron chi connectivity index (χ3n) is 3.50. The highest BCUT2D eigenvalue weighted by molar-refractivity contribution is 5.84. The summed E-state index contributed by atoms with van der Waals surface area (Å²) in [5.41, 5.74) is 8.58. The molecule has 3 aromatic rings. The fourth-order valence-electron chi connectivity index (χ4n) is 2.39. The summed E-state index contributed by atoms with van der Waals surface area (Å²) in [6.45, 7) is 1.91. The largest absolute Gasteiger partial charge is 0.495 e. The Hall–Kier alpha value is -2.75. The number of nitrogen functional groups attached to an aromatic ring is 1. The van der Waals surface area contributed by atoms with Gasteiger partial charge in [-0.1, -0.05) is 18.2 Å². The van der Waals surface area contributed by atoms with Gasteiger partial charge in [0.05, 0.1) is 18.2 Å². The molecule has 0 atom stereocenters. The molecule has 0 aliphatic rings. The lowest BCUT2D eigenvalue weighted by molar-refractivity contribution is 0.417. The number of anilines is 1. The fourth-order valence-corrected chi connectivity index (χ4v) is 2.39. The molecule has 2 aromatic carbocycles. The van der Waals surface area contributed by atoms with Crippen LogP contribution in [-0.2, 0) is 0 Å². The third-order valence-corrected chi connectivity index (χ3v) is 3.50. The monoisotopic (exact) mass is 281 g/mol. The Morgan fingerprint density at radius 1 is 1.14 bits per heavy atom. The minimum Gasteiger partial charge on any atom is -0.495 e. The van der Waals surface area contributed by atoms with Gasteiger partial charge in [-0.25, -0.2) is 0 Å². The summed E-state index contributed by atoms with van der Waals surface area (Å²) in [6.07, 6.45) is 0. The zero-order valence-electron chi connectivity index (χ0n) is 11.8. The van der Waals surface area contributed by atoms with E-state index in [1.54, 1.807) is 25.3 Å². The minimum absolute atomic E-state index is 0.0860. The van der Waals surface area contributed by atoms with Gasteiger partial charge in [0.25, 0.3) is 0 Å². The maximum Gasteiger partial charge on any atom is 0.193 e. The van der Waals surface area contributed by atoms with Gasteiger partial charge < -0.3 is 14.9 Å². The SMILES string of the molecule is COc1cccc(-c2cc(=O)c3cccc(C)c3o2)c1N. The molecule has 1 heterocycles. The molecule has 0 saturated carbocycles. The number of hydrogen-bond acceptors (Lipinski definition) is 4. The van der Waals surface area contributed by atoms with Gasteiger partial charge in [0.1, 0.15) is 17.1 Å². The second-order valence-electron chi connectivity index (χ2n) is 4.85. The van der Waals surface area contributed by atoms with Gasteiger partial charge in [-0.2, -0.15) is 0 Å². The lowest BCUT2D eigenvalue weighted by atomic mass is 10.1. The van der Waals surface area contributed by atoms with Crippen molar-refractivity contribution in [2.24, 2.45) is 0 Å². The van der Waals surface area contributed by atoms with Crippen LogP contribution in [0.25, 0.3) is 22.3 Å². The van der Waals surface area contributed by atoms with Crippen LogP contribution in [0.1, 0.15) is 5.56 Å². The predicted molar refractivity (Wildman–Crippen MR) is 83.6 cm³/mol. The third kappa shape index (κ3) is 2.14. The van der Waals surface area contributed by atoms with Crippen molar-refractivity contribution in [1.82, 2.24) is 0 Å². The fraction of sp³-hybridized carbons (Fsp3) is 0.118. The van der Waals surface area contributed by atoms with Crippen molar-refractivity contribution in [1.29, 1.82) is 0 Å². The van der Waals surface area contributed by atoms with Crippen molar-refractivity contribution in [3.63, 3.8) is 0 Å². The highest BCUT2D eigenvalue weighted by Gasteiger charge is 2.13. The molecule has 2 N–H and O–H groups in total. The van der Waals surface area contributed by atoms with Crippen molar-refractivity contribution in [2.75, 3.05) is 12.8 Å². The molecule has 0 spiro atoms. The Labute approximate surface area is 121 Å². The normalized spacial score (nSPS) is 10.8. The number of rotatable bonds is 2. The van der Waals surface area contributed by atoms with E-state index in [-0.39, 0.29) is 5.43 Å². The molecule has 1 aromatic heterocycles. The van der Waals surface area contributed by atoms with Gasteiger partial charge in [0.15, 0.2) is 5.43 Å². The van der Waals surface area contributed by atoms with E-state index in [4.69, 9.17) is 14.9 Å². The lowest BCUT2D eigenvalue weighted by Crippen LogP contribution is -2.02. The first-order valence-corrected chi connectivity index (χ1v) is 6.58. The molecule has 0 saturated heterocycles. The summed E-state index contributed by atoms with van der Waals surface area (Å²) in [7, 11) is 1.55. The van der Waals surface area contributed by atoms with Crippen LogP contribution in [0, 0.1) is 6.92 Å². The summed E-state index contributed by atoms with van der Waals surface area (Å²) in [4.78, 5) is 12.3. The molecule has 0 radical (unpaired) electrons. The molecule has 106 valence electrons. The first kappa shape index (κ1) is 13.2. The molecule has 0 amide bonds. The molecule has 0 aliphatic carbocycles. The topological polar surface area (TPSA) is 65.5 Å². The number of hydrogen-bond donors (Lipinski definition) is 1. The van der Waals surface area contributed by atoms with Crippen LogP contribution in [0.5, 0.6) is 5.75 Å². The van der Waals surface area contributed by atoms with Gasteiger partial charge in [-0.15, -0.1) is 0 Å². The molecule has 21 heavy (non-hydrogen) atoms. The van der Waals surface area contributed by atoms with Crippen LogP contribution >= 0.6 is 0 Å². The van der Waals surface area contributed by atoms with E-state index in [2.05, 4.69) is 0 Å². The van der Waals surface area contributed by atoms with Crippen LogP contribution in [0.3, 0.4) is 0 Å². The zero-order valence-corrected chi connectivity index (χ0v) is 11.8. The van der Waals surface area contributed by atoms with Crippen LogP contribution in [0.2, 0.25) is 0 Å². The van der Waals surface area contributed by atoms with E-state index >= 15 is 0 Å². The van der Waals surface area contributed by atoms with Gasteiger partial charge in [0.2, 0.25) is 0 Å². The molecule has 0 fully saturated rings. The van der Waals surface area contributed by atoms with Crippen molar-refractivity contribution in [2.45, 2.75) is 6.92 Å². The molecule has 0 aliphatic heterocycles. The van der Waals surface area contributed by atoms with Crippen LogP contribution in [0.15, 0.2) is 51.7 Å². The molecule has 0 bridgehead atoms. The smallest absolute Gasteiger partial charge is 0.193 e. The predicted octanol–water partition coefficient (Wildman–Crippen LogP) is 3.36. The van der Waals surface area contributed by atoms with Crippen LogP contribution < -0.4 is 15.9 Å². The molecule has 4 heteroatoms. The Morgan fingerprint density at radius 3 is 2.67 bits per heavy atom. The number of ether oxygens (including phenoxy) is 1. The van der Waals surface area contributed by atoms with E-state index in [1.807, 2.05) is 25.1 Å². The molecule has 3 rings (SSSR count). The maximum atomic E-state index is 12.3. The van der Waals surface area contributed by atoms with Crippen molar-refractivity contribution >= 4 is 16.7 Å². The van der Waals surface area contributed by atoms with Crippen molar-refractivity contribution in [3.05, 3.63) is 58.3 Å². The first-order chi connectivity index (χ1) is 10.1. The van der Waals surface area contributed by atoms with Crippen molar-refractivity contribution < 1.29 is 9.15 Å².